The molecular weight excluding hydrogens is 127 g/mol. The van der Waals surface area contributed by atoms with E-state index in [0.29, 0.717) is 6.47 Å². The Balaban J connectivity index is 0. The maximum atomic E-state index is 9.74. The van der Waals surface area contributed by atoms with Crippen LogP contribution in [0.25, 0.3) is 0 Å². The van der Waals surface area contributed by atoms with Crippen molar-refractivity contribution in [3.05, 3.63) is 0 Å². The van der Waals surface area contributed by atoms with E-state index in [0.717, 1.165) is 12.8 Å². The van der Waals surface area contributed by atoms with Gasteiger partial charge in [0.05, 0.1) is 0 Å². The van der Waals surface area contributed by atoms with E-state index in [-0.39, 0.29) is 37.1 Å². The monoisotopic (exact) mass is 138 g/mol. The van der Waals surface area contributed by atoms with E-state index in [9.17, 15) is 4.79 Å². The van der Waals surface area contributed by atoms with Gasteiger partial charge < -0.3 is 6.16 Å². The Hall–Kier alpha value is 0.470. The van der Waals surface area contributed by atoms with E-state index >= 15 is 0 Å². The van der Waals surface area contributed by atoms with Crippen LogP contribution >= 0.6 is 0 Å². The summed E-state index contributed by atoms with van der Waals surface area (Å²) in [6, 6.07) is 0. The molecule has 0 aromatic rings. The number of hydrogen-bond donors (Lipinski definition) is 0. The minimum atomic E-state index is 0. The molecule has 1 rings (SSSR count). The normalized spacial score (nSPS) is 18.7. The minimum absolute atomic E-state index is 0. The van der Waals surface area contributed by atoms with Crippen molar-refractivity contribution in [2.45, 2.75) is 31.8 Å². The van der Waals surface area contributed by atoms with Gasteiger partial charge in [0.25, 0.3) is 6.47 Å². The summed E-state index contributed by atoms with van der Waals surface area (Å²) in [4.78, 5) is 9.74. The van der Waals surface area contributed by atoms with Gasteiger partial charge in [-0.3, -0.25) is 4.79 Å². The summed E-state index contributed by atoms with van der Waals surface area (Å²) in [5.41, 5.74) is 0. The smallest absolute Gasteiger partial charge is 1.00 e. The van der Waals surface area contributed by atoms with Crippen LogP contribution in [0.5, 0.6) is 0 Å². The van der Waals surface area contributed by atoms with Gasteiger partial charge in [0.2, 0.25) is 0 Å². The van der Waals surface area contributed by atoms with Crippen molar-refractivity contribution in [1.29, 1.82) is 0 Å². The standard InChI is InChI=1S/C6H10O2.Na.H/c7-5-8-6-3-1-2-4-6;;/h5-6H,1-4H2;;/q;+1;-1. The topological polar surface area (TPSA) is 26.3 Å². The van der Waals surface area contributed by atoms with Crippen molar-refractivity contribution in [3.63, 3.8) is 0 Å². The average molecular weight is 138 g/mol. The molecule has 9 heavy (non-hydrogen) atoms. The van der Waals surface area contributed by atoms with Crippen molar-refractivity contribution in [1.82, 2.24) is 0 Å². The summed E-state index contributed by atoms with van der Waals surface area (Å²) >= 11 is 0. The molecule has 48 valence electrons. The fraction of sp³-hybridized carbons (Fsp3) is 0.833. The first-order chi connectivity index (χ1) is 3.93. The Morgan fingerprint density at radius 2 is 2.00 bits per heavy atom. The average Bonchev–Trinajstić information content (AvgIpc) is 2.19. The Morgan fingerprint density at radius 1 is 1.44 bits per heavy atom. The van der Waals surface area contributed by atoms with E-state index in [2.05, 4.69) is 0 Å². The van der Waals surface area contributed by atoms with Crippen molar-refractivity contribution in [2.75, 3.05) is 0 Å². The van der Waals surface area contributed by atoms with Gasteiger partial charge in [0.15, 0.2) is 0 Å². The van der Waals surface area contributed by atoms with Gasteiger partial charge in [-0.05, 0) is 25.7 Å². The van der Waals surface area contributed by atoms with E-state index in [4.69, 9.17) is 4.74 Å². The van der Waals surface area contributed by atoms with Gasteiger partial charge in [0.1, 0.15) is 6.10 Å². The van der Waals surface area contributed by atoms with E-state index < -0.39 is 0 Å². The summed E-state index contributed by atoms with van der Waals surface area (Å²) in [5.74, 6) is 0. The van der Waals surface area contributed by atoms with Crippen LogP contribution in [-0.2, 0) is 9.53 Å². The number of hydrogen-bond acceptors (Lipinski definition) is 2. The van der Waals surface area contributed by atoms with E-state index in [1.165, 1.54) is 12.8 Å². The molecule has 0 aromatic carbocycles. The Morgan fingerprint density at radius 3 is 2.44 bits per heavy atom. The summed E-state index contributed by atoms with van der Waals surface area (Å²) in [5, 5.41) is 0. The van der Waals surface area contributed by atoms with Gasteiger partial charge in [-0.1, -0.05) is 0 Å². The van der Waals surface area contributed by atoms with Crippen LogP contribution in [0.2, 0.25) is 0 Å². The second kappa shape index (κ2) is 5.27. The number of carbonyl (C=O) groups is 1. The van der Waals surface area contributed by atoms with Crippen molar-refractivity contribution in [2.24, 2.45) is 0 Å². The number of carbonyl (C=O) groups excluding carboxylic acids is 1. The van der Waals surface area contributed by atoms with Gasteiger partial charge in [-0.15, -0.1) is 0 Å². The predicted octanol–water partition coefficient (Wildman–Crippen LogP) is -1.78. The van der Waals surface area contributed by atoms with E-state index in [1.807, 2.05) is 0 Å². The first-order valence-corrected chi connectivity index (χ1v) is 3.02. The molecule has 0 heterocycles. The molecule has 1 saturated carbocycles. The summed E-state index contributed by atoms with van der Waals surface area (Å²) < 4.78 is 4.72. The molecule has 0 aromatic heterocycles. The fourth-order valence-corrected chi connectivity index (χ4v) is 1.10. The van der Waals surface area contributed by atoms with Crippen molar-refractivity contribution < 1.29 is 40.5 Å². The fourth-order valence-electron chi connectivity index (χ4n) is 1.10. The third-order valence-electron chi connectivity index (χ3n) is 1.55. The maximum Gasteiger partial charge on any atom is 1.00 e. The van der Waals surface area contributed by atoms with Crippen LogP contribution in [0.4, 0.5) is 0 Å². The van der Waals surface area contributed by atoms with Crippen molar-refractivity contribution >= 4 is 6.47 Å². The summed E-state index contributed by atoms with van der Waals surface area (Å²) in [7, 11) is 0. The molecule has 0 radical (unpaired) electrons. The number of rotatable bonds is 2. The molecule has 0 unspecified atom stereocenters. The second-order valence-electron chi connectivity index (χ2n) is 2.14. The molecule has 1 aliphatic rings. The first kappa shape index (κ1) is 9.47. The van der Waals surface area contributed by atoms with E-state index in [1.54, 1.807) is 0 Å². The third kappa shape index (κ3) is 3.23. The first-order valence-electron chi connectivity index (χ1n) is 3.02. The quantitative estimate of drug-likeness (QED) is 0.333. The van der Waals surface area contributed by atoms with Crippen LogP contribution in [0.1, 0.15) is 27.1 Å². The zero-order valence-electron chi connectivity index (χ0n) is 6.80. The Bertz CT molecular complexity index is 83.8. The molecule has 0 saturated heterocycles. The van der Waals surface area contributed by atoms with Crippen molar-refractivity contribution in [3.8, 4) is 0 Å². The molecule has 0 spiro atoms. The Labute approximate surface area is 78.7 Å². The maximum absolute atomic E-state index is 9.74. The summed E-state index contributed by atoms with van der Waals surface area (Å²) in [6.07, 6.45) is 4.82. The largest absolute Gasteiger partial charge is 1.00 e. The van der Waals surface area contributed by atoms with Crippen LogP contribution in [0.3, 0.4) is 0 Å². The summed E-state index contributed by atoms with van der Waals surface area (Å²) in [6.45, 7) is 0.552. The molecule has 0 amide bonds. The zero-order chi connectivity index (χ0) is 5.82. The van der Waals surface area contributed by atoms with Gasteiger partial charge in [-0.2, -0.15) is 0 Å². The Kier molecular flexibility index (Phi) is 5.55. The van der Waals surface area contributed by atoms with Crippen LogP contribution < -0.4 is 29.6 Å². The molecule has 1 aliphatic carbocycles. The van der Waals surface area contributed by atoms with Gasteiger partial charge in [-0.25, -0.2) is 0 Å². The molecule has 0 bridgehead atoms. The van der Waals surface area contributed by atoms with Gasteiger partial charge in [0, 0.05) is 0 Å². The SMILES string of the molecule is O=COC1CCCC1.[H-].[Na+]. The molecule has 3 heteroatoms. The molecule has 0 atom stereocenters. The van der Waals surface area contributed by atoms with Crippen LogP contribution in [-0.4, -0.2) is 12.6 Å². The van der Waals surface area contributed by atoms with Crippen LogP contribution in [0.15, 0.2) is 0 Å². The molecule has 0 N–H and O–H groups in total. The molecule has 0 aliphatic heterocycles. The molecule has 2 nitrogen and oxygen atoms in total. The third-order valence-corrected chi connectivity index (χ3v) is 1.55. The van der Waals surface area contributed by atoms with Gasteiger partial charge >= 0.3 is 29.6 Å². The van der Waals surface area contributed by atoms with Crippen LogP contribution in [0, 0.1) is 0 Å². The second-order valence-corrected chi connectivity index (χ2v) is 2.14. The predicted molar refractivity (Wildman–Crippen MR) is 30.5 cm³/mol. The molecule has 1 fully saturated rings. The molecular formula is C6H11NaO2. The number of ether oxygens (including phenoxy) is 1. The zero-order valence-corrected chi connectivity index (χ0v) is 7.80. The minimum Gasteiger partial charge on any atom is -1.00 e.